The highest BCUT2D eigenvalue weighted by atomic mass is 35.5. The van der Waals surface area contributed by atoms with Crippen LogP contribution in [0, 0.1) is 0 Å². The van der Waals surface area contributed by atoms with Crippen LogP contribution in [0.2, 0.25) is 4.34 Å². The van der Waals surface area contributed by atoms with E-state index < -0.39 is 21.5 Å². The maximum atomic E-state index is 12.3. The maximum absolute atomic E-state index is 12.3. The van der Waals surface area contributed by atoms with E-state index in [1.54, 1.807) is 0 Å². The number of nitrogens with one attached hydrogen (secondary N) is 1. The van der Waals surface area contributed by atoms with E-state index >= 15 is 0 Å². The third-order valence-corrected chi connectivity index (χ3v) is 6.77. The number of hydrogen-bond acceptors (Lipinski definition) is 4. The van der Waals surface area contributed by atoms with Gasteiger partial charge < -0.3 is 5.11 Å². The molecular formula is C12H16ClNO4S2. The smallest absolute Gasteiger partial charge is 0.324 e. The SMILES string of the molecule is O=C(O)C1(NS(=O)(=O)c2ccc(Cl)s2)CCCCCC1. The zero-order chi connectivity index (χ0) is 14.8. The first-order valence-electron chi connectivity index (χ1n) is 6.38. The zero-order valence-corrected chi connectivity index (χ0v) is 13.2. The molecule has 0 spiro atoms. The van der Waals surface area contributed by atoms with Crippen molar-refractivity contribution in [3.63, 3.8) is 0 Å². The van der Waals surface area contributed by atoms with Gasteiger partial charge in [-0.2, -0.15) is 4.72 Å². The molecule has 8 heteroatoms. The molecule has 1 heterocycles. The summed E-state index contributed by atoms with van der Waals surface area (Å²) < 4.78 is 27.4. The van der Waals surface area contributed by atoms with Crippen molar-refractivity contribution in [3.8, 4) is 0 Å². The molecule has 1 fully saturated rings. The predicted molar refractivity (Wildman–Crippen MR) is 77.7 cm³/mol. The molecule has 0 saturated heterocycles. The Morgan fingerprint density at radius 3 is 2.30 bits per heavy atom. The molecule has 0 aliphatic heterocycles. The van der Waals surface area contributed by atoms with E-state index in [1.165, 1.54) is 12.1 Å². The molecule has 0 aromatic carbocycles. The summed E-state index contributed by atoms with van der Waals surface area (Å²) in [6.45, 7) is 0. The lowest BCUT2D eigenvalue weighted by molar-refractivity contribution is -0.144. The van der Waals surface area contributed by atoms with Crippen LogP contribution in [-0.2, 0) is 14.8 Å². The van der Waals surface area contributed by atoms with Gasteiger partial charge in [0.15, 0.2) is 0 Å². The molecule has 1 aliphatic carbocycles. The minimum atomic E-state index is -3.86. The molecule has 2 N–H and O–H groups in total. The third-order valence-electron chi connectivity index (χ3n) is 3.51. The number of sulfonamides is 1. The predicted octanol–water partition coefficient (Wildman–Crippen LogP) is 2.86. The van der Waals surface area contributed by atoms with Crippen LogP contribution in [0.1, 0.15) is 38.5 Å². The van der Waals surface area contributed by atoms with E-state index in [-0.39, 0.29) is 4.21 Å². The Labute approximate surface area is 127 Å². The largest absolute Gasteiger partial charge is 0.480 e. The first-order valence-corrected chi connectivity index (χ1v) is 9.06. The number of carbonyl (C=O) groups is 1. The van der Waals surface area contributed by atoms with Crippen LogP contribution in [0.4, 0.5) is 0 Å². The van der Waals surface area contributed by atoms with Gasteiger partial charge in [0.1, 0.15) is 9.75 Å². The summed E-state index contributed by atoms with van der Waals surface area (Å²) >= 11 is 6.66. The van der Waals surface area contributed by atoms with Crippen LogP contribution in [0.3, 0.4) is 0 Å². The molecule has 0 atom stereocenters. The summed E-state index contributed by atoms with van der Waals surface area (Å²) in [6.07, 6.45) is 3.92. The van der Waals surface area contributed by atoms with Crippen LogP contribution < -0.4 is 4.72 Å². The highest BCUT2D eigenvalue weighted by molar-refractivity contribution is 7.91. The average molecular weight is 338 g/mol. The molecule has 5 nitrogen and oxygen atoms in total. The van der Waals surface area contributed by atoms with Crippen molar-refractivity contribution in [1.29, 1.82) is 0 Å². The van der Waals surface area contributed by atoms with Crippen molar-refractivity contribution in [2.45, 2.75) is 48.3 Å². The van der Waals surface area contributed by atoms with E-state index in [0.717, 1.165) is 24.2 Å². The quantitative estimate of drug-likeness (QED) is 0.827. The Morgan fingerprint density at radius 1 is 1.25 bits per heavy atom. The molecule has 0 amide bonds. The fourth-order valence-corrected chi connectivity index (χ4v) is 5.34. The molecular weight excluding hydrogens is 322 g/mol. The number of halogens is 1. The van der Waals surface area contributed by atoms with Gasteiger partial charge >= 0.3 is 5.97 Å². The number of hydrogen-bond donors (Lipinski definition) is 2. The Morgan fingerprint density at radius 2 is 1.85 bits per heavy atom. The van der Waals surface area contributed by atoms with Crippen molar-refractivity contribution in [2.75, 3.05) is 0 Å². The molecule has 2 rings (SSSR count). The molecule has 20 heavy (non-hydrogen) atoms. The topological polar surface area (TPSA) is 83.5 Å². The first-order chi connectivity index (χ1) is 9.36. The van der Waals surface area contributed by atoms with Gasteiger partial charge in [0.2, 0.25) is 0 Å². The highest BCUT2D eigenvalue weighted by Gasteiger charge is 2.42. The minimum absolute atomic E-state index is 0.0485. The monoisotopic (exact) mass is 337 g/mol. The molecule has 1 aromatic heterocycles. The Hall–Kier alpha value is -0.630. The van der Waals surface area contributed by atoms with Gasteiger partial charge in [0, 0.05) is 0 Å². The summed E-state index contributed by atoms with van der Waals surface area (Å²) in [5.41, 5.74) is -1.40. The second kappa shape index (κ2) is 6.01. The molecule has 0 unspecified atom stereocenters. The Bertz CT molecular complexity index is 588. The lowest BCUT2D eigenvalue weighted by atomic mass is 9.92. The molecule has 1 saturated carbocycles. The number of carboxylic acid groups (broad SMARTS) is 1. The van der Waals surface area contributed by atoms with Gasteiger partial charge in [0.25, 0.3) is 10.0 Å². The van der Waals surface area contributed by atoms with Crippen LogP contribution in [0.5, 0.6) is 0 Å². The minimum Gasteiger partial charge on any atom is -0.480 e. The van der Waals surface area contributed by atoms with Gasteiger partial charge in [-0.3, -0.25) is 4.79 Å². The van der Waals surface area contributed by atoms with Gasteiger partial charge in [-0.15, -0.1) is 11.3 Å². The van der Waals surface area contributed by atoms with Crippen molar-refractivity contribution < 1.29 is 18.3 Å². The zero-order valence-electron chi connectivity index (χ0n) is 10.8. The number of thiophene rings is 1. The van der Waals surface area contributed by atoms with Crippen molar-refractivity contribution >= 4 is 38.9 Å². The van der Waals surface area contributed by atoms with Crippen LogP contribution in [0.15, 0.2) is 16.3 Å². The van der Waals surface area contributed by atoms with Gasteiger partial charge in [-0.1, -0.05) is 37.3 Å². The molecule has 112 valence electrons. The van der Waals surface area contributed by atoms with E-state index in [0.29, 0.717) is 30.0 Å². The van der Waals surface area contributed by atoms with E-state index in [9.17, 15) is 18.3 Å². The first kappa shape index (κ1) is 15.8. The summed E-state index contributed by atoms with van der Waals surface area (Å²) in [6, 6.07) is 2.88. The van der Waals surface area contributed by atoms with Gasteiger partial charge in [-0.05, 0) is 25.0 Å². The van der Waals surface area contributed by atoms with E-state index in [4.69, 9.17) is 11.6 Å². The van der Waals surface area contributed by atoms with Crippen LogP contribution in [0.25, 0.3) is 0 Å². The molecule has 0 radical (unpaired) electrons. The molecule has 0 bridgehead atoms. The van der Waals surface area contributed by atoms with E-state index in [1.807, 2.05) is 0 Å². The lowest BCUT2D eigenvalue weighted by Gasteiger charge is -2.28. The van der Waals surface area contributed by atoms with Gasteiger partial charge in [-0.25, -0.2) is 8.42 Å². The number of carboxylic acids is 1. The van der Waals surface area contributed by atoms with Crippen molar-refractivity contribution in [2.24, 2.45) is 0 Å². The lowest BCUT2D eigenvalue weighted by Crippen LogP contribution is -2.53. The number of aliphatic carboxylic acids is 1. The normalized spacial score (nSPS) is 19.4. The Balaban J connectivity index is 2.30. The van der Waals surface area contributed by atoms with Crippen LogP contribution in [-0.4, -0.2) is 25.0 Å². The summed E-state index contributed by atoms with van der Waals surface area (Å²) in [5.74, 6) is -1.11. The fraction of sp³-hybridized carbons (Fsp3) is 0.583. The maximum Gasteiger partial charge on any atom is 0.324 e. The summed E-state index contributed by atoms with van der Waals surface area (Å²) in [4.78, 5) is 11.6. The molecule has 1 aromatic rings. The second-order valence-electron chi connectivity index (χ2n) is 4.97. The summed E-state index contributed by atoms with van der Waals surface area (Å²) in [5, 5.41) is 9.48. The Kier molecular flexibility index (Phi) is 4.73. The summed E-state index contributed by atoms with van der Waals surface area (Å²) in [7, 11) is -3.86. The second-order valence-corrected chi connectivity index (χ2v) is 8.59. The van der Waals surface area contributed by atoms with Crippen molar-refractivity contribution in [3.05, 3.63) is 16.5 Å². The van der Waals surface area contributed by atoms with Gasteiger partial charge in [0.05, 0.1) is 4.34 Å². The highest BCUT2D eigenvalue weighted by Crippen LogP contribution is 2.31. The average Bonchev–Trinajstić information content (AvgIpc) is 2.67. The standard InChI is InChI=1S/C12H16ClNO4S2/c13-9-5-6-10(19-9)20(17,18)14-12(11(15)16)7-3-1-2-4-8-12/h5-6,14H,1-4,7-8H2,(H,15,16). The molecule has 1 aliphatic rings. The fourth-order valence-electron chi connectivity index (χ4n) is 2.44. The third kappa shape index (κ3) is 3.33. The van der Waals surface area contributed by atoms with Crippen molar-refractivity contribution in [1.82, 2.24) is 4.72 Å². The van der Waals surface area contributed by atoms with E-state index in [2.05, 4.69) is 4.72 Å². The van der Waals surface area contributed by atoms with Crippen LogP contribution >= 0.6 is 22.9 Å². The number of rotatable bonds is 4.